The molecule has 1 aliphatic rings. The zero-order valence-electron chi connectivity index (χ0n) is 10.9. The molecule has 1 aliphatic heterocycles. The fourth-order valence-corrected chi connectivity index (χ4v) is 2.96. The number of thiophene rings is 1. The number of fused-ring (bicyclic) bond motifs is 1. The summed E-state index contributed by atoms with van der Waals surface area (Å²) < 4.78 is 11.6. The molecule has 2 heterocycles. The van der Waals surface area contributed by atoms with Crippen molar-refractivity contribution in [1.82, 2.24) is 5.32 Å². The minimum atomic E-state index is 0.0796. The molecule has 3 nitrogen and oxygen atoms in total. The Balaban J connectivity index is 1.50. The summed E-state index contributed by atoms with van der Waals surface area (Å²) in [6, 6.07) is 12.1. The van der Waals surface area contributed by atoms with Crippen LogP contribution in [0.3, 0.4) is 0 Å². The molecule has 3 rings (SSSR count). The van der Waals surface area contributed by atoms with Crippen LogP contribution in [0.2, 0.25) is 0 Å². The van der Waals surface area contributed by atoms with Gasteiger partial charge in [0.05, 0.1) is 0 Å². The standard InChI is InChI=1S/C15H17NO2S/c1-11-6-7-13(19-11)9-16-8-12-10-17-14-4-2-3-5-15(14)18-12/h2-7,12,16H,8-10H2,1H3. The van der Waals surface area contributed by atoms with E-state index in [9.17, 15) is 0 Å². The van der Waals surface area contributed by atoms with Gasteiger partial charge in [-0.25, -0.2) is 0 Å². The summed E-state index contributed by atoms with van der Waals surface area (Å²) in [4.78, 5) is 2.71. The van der Waals surface area contributed by atoms with Gasteiger partial charge in [-0.2, -0.15) is 0 Å². The van der Waals surface area contributed by atoms with E-state index >= 15 is 0 Å². The number of hydrogen-bond donors (Lipinski definition) is 1. The van der Waals surface area contributed by atoms with Crippen LogP contribution in [-0.2, 0) is 6.54 Å². The molecule has 0 saturated carbocycles. The van der Waals surface area contributed by atoms with Crippen molar-refractivity contribution in [1.29, 1.82) is 0 Å². The van der Waals surface area contributed by atoms with Crippen molar-refractivity contribution in [2.24, 2.45) is 0 Å². The molecule has 0 aliphatic carbocycles. The summed E-state index contributed by atoms with van der Waals surface area (Å²) in [5.74, 6) is 1.68. The molecular weight excluding hydrogens is 258 g/mol. The molecule has 100 valence electrons. The summed E-state index contributed by atoms with van der Waals surface area (Å²) in [7, 11) is 0. The van der Waals surface area contributed by atoms with Gasteiger partial charge in [-0.05, 0) is 31.2 Å². The van der Waals surface area contributed by atoms with E-state index in [1.807, 2.05) is 35.6 Å². The third-order valence-corrected chi connectivity index (χ3v) is 4.04. The summed E-state index contributed by atoms with van der Waals surface area (Å²) >= 11 is 1.83. The Hall–Kier alpha value is -1.52. The molecule has 1 atom stereocenters. The lowest BCUT2D eigenvalue weighted by Crippen LogP contribution is -2.38. The van der Waals surface area contributed by atoms with Gasteiger partial charge in [0.2, 0.25) is 0 Å². The van der Waals surface area contributed by atoms with Crippen molar-refractivity contribution in [2.75, 3.05) is 13.2 Å². The molecule has 19 heavy (non-hydrogen) atoms. The maximum absolute atomic E-state index is 5.89. The smallest absolute Gasteiger partial charge is 0.161 e. The van der Waals surface area contributed by atoms with Crippen LogP contribution in [0.1, 0.15) is 9.75 Å². The van der Waals surface area contributed by atoms with Gasteiger partial charge >= 0.3 is 0 Å². The largest absolute Gasteiger partial charge is 0.486 e. The van der Waals surface area contributed by atoms with Crippen molar-refractivity contribution >= 4 is 11.3 Å². The van der Waals surface area contributed by atoms with Crippen LogP contribution in [0, 0.1) is 6.92 Å². The van der Waals surface area contributed by atoms with Crippen molar-refractivity contribution in [3.05, 3.63) is 46.2 Å². The fourth-order valence-electron chi connectivity index (χ4n) is 2.10. The molecule has 0 spiro atoms. The Labute approximate surface area is 117 Å². The highest BCUT2D eigenvalue weighted by Gasteiger charge is 2.19. The van der Waals surface area contributed by atoms with Crippen LogP contribution >= 0.6 is 11.3 Å². The predicted molar refractivity (Wildman–Crippen MR) is 77.1 cm³/mol. The third kappa shape index (κ3) is 3.08. The Morgan fingerprint density at radius 2 is 2.05 bits per heavy atom. The predicted octanol–water partition coefficient (Wildman–Crippen LogP) is 2.99. The number of ether oxygens (including phenoxy) is 2. The Morgan fingerprint density at radius 3 is 2.84 bits per heavy atom. The van der Waals surface area contributed by atoms with Crippen molar-refractivity contribution in [3.8, 4) is 11.5 Å². The van der Waals surface area contributed by atoms with Gasteiger partial charge in [-0.1, -0.05) is 12.1 Å². The lowest BCUT2D eigenvalue weighted by atomic mass is 10.2. The number of nitrogens with one attached hydrogen (secondary N) is 1. The zero-order chi connectivity index (χ0) is 13.1. The summed E-state index contributed by atoms with van der Waals surface area (Å²) in [6.45, 7) is 4.42. The molecule has 0 bridgehead atoms. The van der Waals surface area contributed by atoms with Crippen LogP contribution in [0.5, 0.6) is 11.5 Å². The van der Waals surface area contributed by atoms with E-state index < -0.39 is 0 Å². The normalized spacial score (nSPS) is 17.4. The highest BCUT2D eigenvalue weighted by atomic mass is 32.1. The SMILES string of the molecule is Cc1ccc(CNCC2COc3ccccc3O2)s1. The highest BCUT2D eigenvalue weighted by Crippen LogP contribution is 2.30. The molecule has 0 fully saturated rings. The molecule has 2 aromatic rings. The topological polar surface area (TPSA) is 30.5 Å². The fraction of sp³-hybridized carbons (Fsp3) is 0.333. The van der Waals surface area contributed by atoms with Gasteiger partial charge in [0, 0.05) is 22.8 Å². The van der Waals surface area contributed by atoms with Crippen molar-refractivity contribution < 1.29 is 9.47 Å². The van der Waals surface area contributed by atoms with Crippen LogP contribution < -0.4 is 14.8 Å². The first-order valence-corrected chi connectivity index (χ1v) is 7.27. The highest BCUT2D eigenvalue weighted by molar-refractivity contribution is 7.11. The van der Waals surface area contributed by atoms with Gasteiger partial charge in [0.15, 0.2) is 11.5 Å². The minimum absolute atomic E-state index is 0.0796. The Morgan fingerprint density at radius 1 is 1.21 bits per heavy atom. The second-order valence-corrected chi connectivity index (χ2v) is 6.01. The number of rotatable bonds is 4. The molecule has 0 saturated heterocycles. The molecule has 0 amide bonds. The molecule has 1 N–H and O–H groups in total. The minimum Gasteiger partial charge on any atom is -0.486 e. The first kappa shape index (κ1) is 12.5. The van der Waals surface area contributed by atoms with Crippen LogP contribution in [-0.4, -0.2) is 19.3 Å². The number of aryl methyl sites for hydroxylation is 1. The summed E-state index contributed by atoms with van der Waals surface area (Å²) in [6.07, 6.45) is 0.0796. The maximum Gasteiger partial charge on any atom is 0.161 e. The first-order valence-electron chi connectivity index (χ1n) is 6.46. The van der Waals surface area contributed by atoms with Crippen molar-refractivity contribution in [3.63, 3.8) is 0 Å². The van der Waals surface area contributed by atoms with Gasteiger partial charge in [0.25, 0.3) is 0 Å². The zero-order valence-corrected chi connectivity index (χ0v) is 11.7. The van der Waals surface area contributed by atoms with Gasteiger partial charge < -0.3 is 14.8 Å². The Bertz CT molecular complexity index is 553. The Kier molecular flexibility index (Phi) is 3.71. The van der Waals surface area contributed by atoms with Crippen molar-refractivity contribution in [2.45, 2.75) is 19.6 Å². The summed E-state index contributed by atoms with van der Waals surface area (Å²) in [5, 5.41) is 3.42. The van der Waals surface area contributed by atoms with Gasteiger partial charge in [0.1, 0.15) is 12.7 Å². The molecule has 1 unspecified atom stereocenters. The van der Waals surface area contributed by atoms with E-state index in [2.05, 4.69) is 24.4 Å². The molecule has 1 aromatic carbocycles. The van der Waals surface area contributed by atoms with E-state index in [-0.39, 0.29) is 6.10 Å². The van der Waals surface area contributed by atoms with E-state index in [1.54, 1.807) is 0 Å². The van der Waals surface area contributed by atoms with Crippen LogP contribution in [0.4, 0.5) is 0 Å². The molecule has 0 radical (unpaired) electrons. The second-order valence-electron chi connectivity index (χ2n) is 4.64. The van der Waals surface area contributed by atoms with Gasteiger partial charge in [-0.3, -0.25) is 0 Å². The van der Waals surface area contributed by atoms with E-state index in [0.717, 1.165) is 24.6 Å². The number of hydrogen-bond acceptors (Lipinski definition) is 4. The monoisotopic (exact) mass is 275 g/mol. The second kappa shape index (κ2) is 5.63. The summed E-state index contributed by atoms with van der Waals surface area (Å²) in [5.41, 5.74) is 0. The van der Waals surface area contributed by atoms with E-state index in [1.165, 1.54) is 9.75 Å². The first-order chi connectivity index (χ1) is 9.31. The van der Waals surface area contributed by atoms with Crippen LogP contribution in [0.15, 0.2) is 36.4 Å². The molecule has 4 heteroatoms. The third-order valence-electron chi connectivity index (χ3n) is 3.03. The lowest BCUT2D eigenvalue weighted by molar-refractivity contribution is 0.0903. The number of benzene rings is 1. The van der Waals surface area contributed by atoms with E-state index in [0.29, 0.717) is 6.61 Å². The average molecular weight is 275 g/mol. The molecular formula is C15H17NO2S. The van der Waals surface area contributed by atoms with Gasteiger partial charge in [-0.15, -0.1) is 11.3 Å². The quantitative estimate of drug-likeness (QED) is 0.930. The maximum atomic E-state index is 5.89. The van der Waals surface area contributed by atoms with Crippen LogP contribution in [0.25, 0.3) is 0 Å². The lowest BCUT2D eigenvalue weighted by Gasteiger charge is -2.26. The molecule has 1 aromatic heterocycles. The van der Waals surface area contributed by atoms with E-state index in [4.69, 9.17) is 9.47 Å². The average Bonchev–Trinajstić information content (AvgIpc) is 2.84. The number of para-hydroxylation sites is 2.